The largest absolute Gasteiger partial charge is 0.334 e. The van der Waals surface area contributed by atoms with Crippen molar-refractivity contribution in [3.63, 3.8) is 0 Å². The second-order valence-electron chi connectivity index (χ2n) is 3.48. The number of nitrogens with one attached hydrogen (secondary N) is 2. The van der Waals surface area contributed by atoms with Gasteiger partial charge >= 0.3 is 0 Å². The first-order valence-corrected chi connectivity index (χ1v) is 5.41. The minimum atomic E-state index is -0.374. The van der Waals surface area contributed by atoms with E-state index in [1.807, 2.05) is 6.20 Å². The smallest absolute Gasteiger partial charge is 0.196 e. The first-order chi connectivity index (χ1) is 6.16. The van der Waals surface area contributed by atoms with Gasteiger partial charge in [0.1, 0.15) is 5.66 Å². The van der Waals surface area contributed by atoms with Crippen molar-refractivity contribution in [3.8, 4) is 0 Å². The van der Waals surface area contributed by atoms with Gasteiger partial charge in [-0.15, -0.1) is 0 Å². The van der Waals surface area contributed by atoms with Gasteiger partial charge in [0.2, 0.25) is 0 Å². The summed E-state index contributed by atoms with van der Waals surface area (Å²) in [5.41, 5.74) is 5.89. The molecule has 0 saturated heterocycles. The number of hydrogen-bond donors (Lipinski definition) is 3. The highest BCUT2D eigenvalue weighted by molar-refractivity contribution is 14.1. The molecule has 0 spiro atoms. The van der Waals surface area contributed by atoms with Crippen LogP contribution in [0.25, 0.3) is 0 Å². The van der Waals surface area contributed by atoms with E-state index in [9.17, 15) is 0 Å². The predicted octanol–water partition coefficient (Wildman–Crippen LogP) is 0.506. The molecule has 0 bridgehead atoms. The molecular weight excluding hydrogens is 279 g/mol. The minimum Gasteiger partial charge on any atom is -0.334 e. The maximum absolute atomic E-state index is 6.27. The lowest BCUT2D eigenvalue weighted by Gasteiger charge is -2.35. The third-order valence-electron chi connectivity index (χ3n) is 2.50. The summed E-state index contributed by atoms with van der Waals surface area (Å²) in [5.74, 6) is 1.32. The lowest BCUT2D eigenvalue weighted by molar-refractivity contribution is 0.413. The van der Waals surface area contributed by atoms with Crippen LogP contribution in [-0.4, -0.2) is 18.7 Å². The standard InChI is InChI=1S/C8H13IN4/c1-11-7-12-4-6(9)8(10,13-7)5-2-3-5/h4-5H,2-3,10H2,1H3,(H2,11,12,13). The van der Waals surface area contributed by atoms with E-state index < -0.39 is 0 Å². The van der Waals surface area contributed by atoms with Gasteiger partial charge in [0.25, 0.3) is 0 Å². The Morgan fingerprint density at radius 3 is 2.92 bits per heavy atom. The van der Waals surface area contributed by atoms with E-state index >= 15 is 0 Å². The SMILES string of the molecule is CN=C1NC=C(I)C(N)(C2CC2)N1. The summed E-state index contributed by atoms with van der Waals surface area (Å²) < 4.78 is 1.12. The zero-order chi connectivity index (χ0) is 9.47. The molecule has 2 rings (SSSR count). The number of halogens is 1. The van der Waals surface area contributed by atoms with Gasteiger partial charge in [0.05, 0.1) is 0 Å². The van der Waals surface area contributed by atoms with Crippen molar-refractivity contribution in [3.05, 3.63) is 9.78 Å². The number of nitrogens with zero attached hydrogens (tertiary/aromatic N) is 1. The second-order valence-corrected chi connectivity index (χ2v) is 4.64. The lowest BCUT2D eigenvalue weighted by atomic mass is 10.0. The van der Waals surface area contributed by atoms with Crippen LogP contribution in [0.2, 0.25) is 0 Å². The molecule has 1 heterocycles. The van der Waals surface area contributed by atoms with Crippen molar-refractivity contribution in [2.75, 3.05) is 7.05 Å². The number of nitrogens with two attached hydrogens (primary N) is 1. The lowest BCUT2D eigenvalue weighted by Crippen LogP contribution is -2.63. The molecule has 1 saturated carbocycles. The van der Waals surface area contributed by atoms with E-state index in [0.29, 0.717) is 5.92 Å². The summed E-state index contributed by atoms with van der Waals surface area (Å²) in [6, 6.07) is 0. The first kappa shape index (κ1) is 9.26. The molecule has 5 heteroatoms. The third-order valence-corrected chi connectivity index (χ3v) is 3.70. The molecule has 0 radical (unpaired) electrons. The average Bonchev–Trinajstić information content (AvgIpc) is 2.93. The molecule has 0 aromatic carbocycles. The van der Waals surface area contributed by atoms with Crippen LogP contribution in [0.5, 0.6) is 0 Å². The van der Waals surface area contributed by atoms with Crippen molar-refractivity contribution >= 4 is 28.6 Å². The van der Waals surface area contributed by atoms with Crippen molar-refractivity contribution in [1.82, 2.24) is 10.6 Å². The number of rotatable bonds is 1. The molecule has 2 aliphatic rings. The molecule has 1 fully saturated rings. The molecule has 1 unspecified atom stereocenters. The van der Waals surface area contributed by atoms with Crippen molar-refractivity contribution in [1.29, 1.82) is 0 Å². The van der Waals surface area contributed by atoms with Crippen LogP contribution in [-0.2, 0) is 0 Å². The molecule has 0 aromatic rings. The highest BCUT2D eigenvalue weighted by atomic mass is 127. The zero-order valence-corrected chi connectivity index (χ0v) is 9.63. The van der Waals surface area contributed by atoms with Gasteiger partial charge in [-0.25, -0.2) is 0 Å². The highest BCUT2D eigenvalue weighted by Gasteiger charge is 2.46. The van der Waals surface area contributed by atoms with Gasteiger partial charge in [0, 0.05) is 22.7 Å². The fraction of sp³-hybridized carbons (Fsp3) is 0.625. The van der Waals surface area contributed by atoms with E-state index in [-0.39, 0.29) is 5.66 Å². The molecule has 0 aromatic heterocycles. The Balaban J connectivity index is 2.26. The molecule has 4 N–H and O–H groups in total. The van der Waals surface area contributed by atoms with E-state index in [2.05, 4.69) is 38.2 Å². The highest BCUT2D eigenvalue weighted by Crippen LogP contribution is 2.42. The van der Waals surface area contributed by atoms with Crippen LogP contribution in [0.3, 0.4) is 0 Å². The van der Waals surface area contributed by atoms with Crippen LogP contribution in [0.15, 0.2) is 14.8 Å². The Bertz CT molecular complexity index is 282. The number of aliphatic imine (C=N–C) groups is 1. The molecule has 4 nitrogen and oxygen atoms in total. The van der Waals surface area contributed by atoms with Crippen molar-refractivity contribution in [2.24, 2.45) is 16.6 Å². The molecule has 1 aliphatic heterocycles. The van der Waals surface area contributed by atoms with E-state index in [1.165, 1.54) is 12.8 Å². The summed E-state index contributed by atoms with van der Waals surface area (Å²) in [6.45, 7) is 0. The van der Waals surface area contributed by atoms with Crippen LogP contribution >= 0.6 is 22.6 Å². The maximum Gasteiger partial charge on any atom is 0.196 e. The molecular formula is C8H13IN4. The molecule has 72 valence electrons. The summed E-state index contributed by atoms with van der Waals surface area (Å²) in [7, 11) is 1.74. The Morgan fingerprint density at radius 1 is 1.69 bits per heavy atom. The molecule has 1 aliphatic carbocycles. The average molecular weight is 292 g/mol. The van der Waals surface area contributed by atoms with E-state index in [4.69, 9.17) is 5.73 Å². The first-order valence-electron chi connectivity index (χ1n) is 4.33. The Labute approximate surface area is 91.2 Å². The summed E-state index contributed by atoms with van der Waals surface area (Å²) in [6.07, 6.45) is 4.35. The Morgan fingerprint density at radius 2 is 2.38 bits per heavy atom. The fourth-order valence-electron chi connectivity index (χ4n) is 1.50. The van der Waals surface area contributed by atoms with E-state index in [0.717, 1.165) is 9.54 Å². The molecule has 1 atom stereocenters. The topological polar surface area (TPSA) is 62.4 Å². The van der Waals surface area contributed by atoms with Crippen LogP contribution < -0.4 is 16.4 Å². The second kappa shape index (κ2) is 3.13. The van der Waals surface area contributed by atoms with Gasteiger partial charge < -0.3 is 16.4 Å². The van der Waals surface area contributed by atoms with Gasteiger partial charge in [-0.2, -0.15) is 0 Å². The van der Waals surface area contributed by atoms with Crippen LogP contribution in [0, 0.1) is 5.92 Å². The quantitative estimate of drug-likeness (QED) is 0.617. The van der Waals surface area contributed by atoms with Crippen molar-refractivity contribution in [2.45, 2.75) is 18.5 Å². The van der Waals surface area contributed by atoms with Gasteiger partial charge in [-0.1, -0.05) is 0 Å². The maximum atomic E-state index is 6.27. The predicted molar refractivity (Wildman–Crippen MR) is 61.4 cm³/mol. The summed E-state index contributed by atoms with van der Waals surface area (Å²) in [5, 5.41) is 6.28. The van der Waals surface area contributed by atoms with Gasteiger partial charge in [-0.05, 0) is 35.4 Å². The van der Waals surface area contributed by atoms with Crippen LogP contribution in [0.4, 0.5) is 0 Å². The monoisotopic (exact) mass is 292 g/mol. The number of guanidine groups is 1. The van der Waals surface area contributed by atoms with Crippen molar-refractivity contribution < 1.29 is 0 Å². The Hall–Kier alpha value is -0.300. The Kier molecular flexibility index (Phi) is 2.23. The minimum absolute atomic E-state index is 0.374. The summed E-state index contributed by atoms with van der Waals surface area (Å²) in [4.78, 5) is 4.05. The van der Waals surface area contributed by atoms with E-state index in [1.54, 1.807) is 7.05 Å². The summed E-state index contributed by atoms with van der Waals surface area (Å²) >= 11 is 2.27. The van der Waals surface area contributed by atoms with Crippen LogP contribution in [0.1, 0.15) is 12.8 Å². The normalized spacial score (nSPS) is 36.5. The van der Waals surface area contributed by atoms with Gasteiger partial charge in [0.15, 0.2) is 5.96 Å². The molecule has 0 amide bonds. The van der Waals surface area contributed by atoms with Gasteiger partial charge in [-0.3, -0.25) is 4.99 Å². The number of hydrogen-bond acceptors (Lipinski definition) is 2. The fourth-order valence-corrected chi connectivity index (χ4v) is 2.23. The zero-order valence-electron chi connectivity index (χ0n) is 7.47. The molecule has 13 heavy (non-hydrogen) atoms. The third kappa shape index (κ3) is 1.54.